The number of carbonyl (C=O) groups is 1. The minimum absolute atomic E-state index is 0.261. The summed E-state index contributed by atoms with van der Waals surface area (Å²) in [5.41, 5.74) is 2.89. The minimum Gasteiger partial charge on any atom is -0.481 e. The maximum atomic E-state index is 10.7. The predicted octanol–water partition coefficient (Wildman–Crippen LogP) is 3.25. The third-order valence-corrected chi connectivity index (χ3v) is 3.97. The van der Waals surface area contributed by atoms with E-state index in [9.17, 15) is 4.79 Å². The van der Waals surface area contributed by atoms with Crippen molar-refractivity contribution < 1.29 is 9.90 Å². The number of rotatable bonds is 6. The Bertz CT molecular complexity index is 442. The molecule has 1 aromatic rings. The molecule has 0 amide bonds. The molecule has 0 saturated carbocycles. The summed E-state index contributed by atoms with van der Waals surface area (Å²) in [4.78, 5) is 13.1. The molecule has 0 fully saturated rings. The van der Waals surface area contributed by atoms with Crippen molar-refractivity contribution in [1.29, 1.82) is 0 Å². The van der Waals surface area contributed by atoms with Gasteiger partial charge in [-0.25, -0.2) is 0 Å². The Morgan fingerprint density at radius 1 is 1.42 bits per heavy atom. The molecule has 1 unspecified atom stereocenters. The first-order valence-corrected chi connectivity index (χ1v) is 7.15. The smallest absolute Gasteiger partial charge is 0.303 e. The van der Waals surface area contributed by atoms with Crippen LogP contribution in [0.1, 0.15) is 50.3 Å². The molecule has 1 atom stereocenters. The first kappa shape index (κ1) is 14.1. The topological polar surface area (TPSA) is 40.5 Å². The summed E-state index contributed by atoms with van der Waals surface area (Å²) in [6, 6.07) is 9.55. The highest BCUT2D eigenvalue weighted by atomic mass is 16.4. The Kier molecular flexibility index (Phi) is 4.59. The summed E-state index contributed by atoms with van der Waals surface area (Å²) in [5.74, 6) is -0.699. The molecular formula is C16H23NO2. The molecule has 104 valence electrons. The quantitative estimate of drug-likeness (QED) is 0.854. The summed E-state index contributed by atoms with van der Waals surface area (Å²) in [7, 11) is 0. The molecule has 0 spiro atoms. The van der Waals surface area contributed by atoms with E-state index in [0.717, 1.165) is 25.8 Å². The van der Waals surface area contributed by atoms with E-state index in [1.54, 1.807) is 0 Å². The standard InChI is InChI=1S/C16H23NO2/c1-12(2)17(11-5-8-16(18)19)15-10-9-13-6-3-4-7-14(13)15/h3-4,6-7,12,15H,5,8-11H2,1-2H3,(H,18,19). The van der Waals surface area contributed by atoms with Crippen molar-refractivity contribution in [2.75, 3.05) is 6.54 Å². The number of benzene rings is 1. The number of carboxylic acid groups (broad SMARTS) is 1. The third kappa shape index (κ3) is 3.35. The van der Waals surface area contributed by atoms with Crippen LogP contribution in [0.25, 0.3) is 0 Å². The first-order valence-electron chi connectivity index (χ1n) is 7.15. The van der Waals surface area contributed by atoms with Gasteiger partial charge in [-0.3, -0.25) is 9.69 Å². The number of aryl methyl sites for hydroxylation is 1. The highest BCUT2D eigenvalue weighted by Crippen LogP contribution is 2.36. The molecule has 19 heavy (non-hydrogen) atoms. The van der Waals surface area contributed by atoms with Gasteiger partial charge >= 0.3 is 5.97 Å². The Labute approximate surface area is 115 Å². The highest BCUT2D eigenvalue weighted by Gasteiger charge is 2.28. The van der Waals surface area contributed by atoms with Crippen LogP contribution in [0.3, 0.4) is 0 Å². The van der Waals surface area contributed by atoms with Crippen LogP contribution >= 0.6 is 0 Å². The van der Waals surface area contributed by atoms with Crippen LogP contribution in [-0.4, -0.2) is 28.6 Å². The van der Waals surface area contributed by atoms with Crippen LogP contribution in [-0.2, 0) is 11.2 Å². The van der Waals surface area contributed by atoms with E-state index in [4.69, 9.17) is 5.11 Å². The molecule has 1 aliphatic rings. The molecule has 1 aromatic carbocycles. The van der Waals surface area contributed by atoms with Gasteiger partial charge in [-0.05, 0) is 50.8 Å². The van der Waals surface area contributed by atoms with E-state index in [1.165, 1.54) is 11.1 Å². The summed E-state index contributed by atoms with van der Waals surface area (Å²) in [5, 5.41) is 8.77. The summed E-state index contributed by atoms with van der Waals surface area (Å²) in [6.45, 7) is 5.26. The maximum Gasteiger partial charge on any atom is 0.303 e. The van der Waals surface area contributed by atoms with Crippen LogP contribution in [0.2, 0.25) is 0 Å². The van der Waals surface area contributed by atoms with Gasteiger partial charge in [0, 0.05) is 18.5 Å². The molecule has 0 heterocycles. The zero-order valence-corrected chi connectivity index (χ0v) is 11.8. The number of aliphatic carboxylic acids is 1. The Morgan fingerprint density at radius 3 is 2.84 bits per heavy atom. The van der Waals surface area contributed by atoms with Crippen molar-refractivity contribution in [3.8, 4) is 0 Å². The largest absolute Gasteiger partial charge is 0.481 e. The predicted molar refractivity (Wildman–Crippen MR) is 76.2 cm³/mol. The van der Waals surface area contributed by atoms with E-state index in [-0.39, 0.29) is 6.42 Å². The lowest BCUT2D eigenvalue weighted by Gasteiger charge is -2.33. The highest BCUT2D eigenvalue weighted by molar-refractivity contribution is 5.66. The molecule has 1 aliphatic carbocycles. The molecule has 0 aliphatic heterocycles. The summed E-state index contributed by atoms with van der Waals surface area (Å²) >= 11 is 0. The molecule has 3 nitrogen and oxygen atoms in total. The van der Waals surface area contributed by atoms with E-state index < -0.39 is 5.97 Å². The van der Waals surface area contributed by atoms with Gasteiger partial charge in [0.15, 0.2) is 0 Å². The average Bonchev–Trinajstić information content (AvgIpc) is 2.77. The van der Waals surface area contributed by atoms with Gasteiger partial charge in [0.2, 0.25) is 0 Å². The molecule has 2 rings (SSSR count). The van der Waals surface area contributed by atoms with Crippen LogP contribution in [0.5, 0.6) is 0 Å². The fourth-order valence-corrected chi connectivity index (χ4v) is 3.07. The number of hydrogen-bond acceptors (Lipinski definition) is 2. The third-order valence-electron chi connectivity index (χ3n) is 3.97. The average molecular weight is 261 g/mol. The van der Waals surface area contributed by atoms with Crippen LogP contribution in [0.4, 0.5) is 0 Å². The lowest BCUT2D eigenvalue weighted by atomic mass is 10.0. The molecule has 0 saturated heterocycles. The van der Waals surface area contributed by atoms with Crippen LogP contribution < -0.4 is 0 Å². The zero-order valence-electron chi connectivity index (χ0n) is 11.8. The van der Waals surface area contributed by atoms with E-state index in [0.29, 0.717) is 12.1 Å². The van der Waals surface area contributed by atoms with Crippen molar-refractivity contribution >= 4 is 5.97 Å². The number of nitrogens with zero attached hydrogens (tertiary/aromatic N) is 1. The van der Waals surface area contributed by atoms with E-state index in [2.05, 4.69) is 43.0 Å². The molecular weight excluding hydrogens is 238 g/mol. The lowest BCUT2D eigenvalue weighted by molar-refractivity contribution is -0.137. The molecule has 0 bridgehead atoms. The number of carboxylic acids is 1. The van der Waals surface area contributed by atoms with Gasteiger partial charge in [-0.1, -0.05) is 24.3 Å². The lowest BCUT2D eigenvalue weighted by Crippen LogP contribution is -2.35. The maximum absolute atomic E-state index is 10.7. The Balaban J connectivity index is 2.06. The van der Waals surface area contributed by atoms with Gasteiger partial charge in [-0.15, -0.1) is 0 Å². The van der Waals surface area contributed by atoms with Gasteiger partial charge in [-0.2, -0.15) is 0 Å². The molecule has 1 N–H and O–H groups in total. The molecule has 3 heteroatoms. The number of fused-ring (bicyclic) bond motifs is 1. The van der Waals surface area contributed by atoms with Crippen LogP contribution in [0.15, 0.2) is 24.3 Å². The monoisotopic (exact) mass is 261 g/mol. The van der Waals surface area contributed by atoms with Crippen molar-refractivity contribution in [2.24, 2.45) is 0 Å². The van der Waals surface area contributed by atoms with Gasteiger partial charge in [0.05, 0.1) is 0 Å². The SMILES string of the molecule is CC(C)N(CCCC(=O)O)C1CCc2ccccc21. The van der Waals surface area contributed by atoms with Crippen molar-refractivity contribution in [1.82, 2.24) is 4.90 Å². The van der Waals surface area contributed by atoms with E-state index in [1.807, 2.05) is 0 Å². The molecule has 0 aromatic heterocycles. The fourth-order valence-electron chi connectivity index (χ4n) is 3.07. The van der Waals surface area contributed by atoms with Crippen molar-refractivity contribution in [3.05, 3.63) is 35.4 Å². The van der Waals surface area contributed by atoms with E-state index >= 15 is 0 Å². The summed E-state index contributed by atoms with van der Waals surface area (Å²) in [6.07, 6.45) is 3.29. The van der Waals surface area contributed by atoms with Crippen molar-refractivity contribution in [2.45, 2.75) is 51.6 Å². The van der Waals surface area contributed by atoms with Gasteiger partial charge < -0.3 is 5.11 Å². The first-order chi connectivity index (χ1) is 9.09. The van der Waals surface area contributed by atoms with Crippen LogP contribution in [0, 0.1) is 0 Å². The number of hydrogen-bond donors (Lipinski definition) is 1. The fraction of sp³-hybridized carbons (Fsp3) is 0.562. The van der Waals surface area contributed by atoms with Gasteiger partial charge in [0.1, 0.15) is 0 Å². The Hall–Kier alpha value is -1.35. The minimum atomic E-state index is -0.699. The second kappa shape index (κ2) is 6.20. The van der Waals surface area contributed by atoms with Crippen molar-refractivity contribution in [3.63, 3.8) is 0 Å². The summed E-state index contributed by atoms with van der Waals surface area (Å²) < 4.78 is 0. The normalized spacial score (nSPS) is 18.0. The Morgan fingerprint density at radius 2 is 2.16 bits per heavy atom. The van der Waals surface area contributed by atoms with Gasteiger partial charge in [0.25, 0.3) is 0 Å². The second-order valence-corrected chi connectivity index (χ2v) is 5.58. The zero-order chi connectivity index (χ0) is 13.8. The molecule has 0 radical (unpaired) electrons. The second-order valence-electron chi connectivity index (χ2n) is 5.58.